The molecule has 0 saturated carbocycles. The van der Waals surface area contributed by atoms with Gasteiger partial charge in [-0.3, -0.25) is 4.79 Å². The van der Waals surface area contributed by atoms with Gasteiger partial charge in [-0.25, -0.2) is 13.4 Å². The average Bonchev–Trinajstić information content (AvgIpc) is 1.97. The lowest BCUT2D eigenvalue weighted by Crippen LogP contribution is -2.44. The minimum absolute atomic E-state index is 0.0858. The largest absolute Gasteiger partial charge is 0.480 e. The van der Waals surface area contributed by atoms with Gasteiger partial charge in [0, 0.05) is 20.1 Å². The number of carbonyl (C=O) groups is 1. The number of likely N-dealkylation sites (N-methyl/N-ethyl adjacent to an activating group) is 1. The Kier molecular flexibility index (Phi) is 5.55. The first-order valence-electron chi connectivity index (χ1n) is 3.53. The van der Waals surface area contributed by atoms with Crippen LogP contribution in [-0.2, 0) is 15.7 Å². The van der Waals surface area contributed by atoms with E-state index in [-0.39, 0.29) is 19.6 Å². The number of hydrogen-bond donors (Lipinski definition) is 3. The van der Waals surface area contributed by atoms with E-state index in [9.17, 15) is 13.2 Å². The van der Waals surface area contributed by atoms with Gasteiger partial charge < -0.3 is 10.8 Å². The molecule has 0 aliphatic heterocycles. The highest BCUT2D eigenvalue weighted by Gasteiger charge is 2.14. The molecule has 0 amide bonds. The summed E-state index contributed by atoms with van der Waals surface area (Å²) >= 11 is 0. The van der Waals surface area contributed by atoms with Gasteiger partial charge in [0.05, 0.1) is 0 Å². The molecule has 0 atom stereocenters. The highest BCUT2D eigenvalue weighted by molar-refractivity contribution is 7.69. The second-order valence-corrected chi connectivity index (χ2v) is 3.27. The third kappa shape index (κ3) is 4.78. The van der Waals surface area contributed by atoms with Crippen molar-refractivity contribution in [1.82, 2.24) is 9.42 Å². The fraction of sp³-hybridized carbons (Fsp3) is 0.800. The molecule has 0 aromatic carbocycles. The van der Waals surface area contributed by atoms with Crippen LogP contribution in [0.3, 0.4) is 0 Å². The Morgan fingerprint density at radius 2 is 2.08 bits per heavy atom. The number of carboxylic acid groups (broad SMARTS) is 1. The van der Waals surface area contributed by atoms with Crippen LogP contribution in [0.25, 0.3) is 0 Å². The van der Waals surface area contributed by atoms with E-state index in [2.05, 4.69) is 0 Å². The van der Waals surface area contributed by atoms with Gasteiger partial charge in [0.1, 0.15) is 6.54 Å². The molecule has 0 aliphatic carbocycles. The molecule has 13 heavy (non-hydrogen) atoms. The van der Waals surface area contributed by atoms with Crippen LogP contribution in [0.1, 0.15) is 0 Å². The zero-order valence-electron chi connectivity index (χ0n) is 7.21. The molecule has 8 heteroatoms. The number of rotatable bonds is 6. The average molecular weight is 211 g/mol. The van der Waals surface area contributed by atoms with Crippen molar-refractivity contribution in [3.05, 3.63) is 0 Å². The number of hydrogen-bond acceptors (Lipinski definition) is 5. The molecule has 0 aromatic rings. The predicted molar refractivity (Wildman–Crippen MR) is 46.3 cm³/mol. The van der Waals surface area contributed by atoms with Crippen molar-refractivity contribution in [2.75, 3.05) is 26.7 Å². The number of nitrogens with zero attached hydrogens (tertiary/aromatic N) is 2. The molecule has 0 rings (SSSR count). The number of nitrogens with two attached hydrogens (primary N) is 1. The molecular weight excluding hydrogens is 198 g/mol. The Morgan fingerprint density at radius 3 is 2.38 bits per heavy atom. The number of carboxylic acids is 1. The lowest BCUT2D eigenvalue weighted by molar-refractivity contribution is -0.140. The van der Waals surface area contributed by atoms with E-state index in [0.717, 1.165) is 9.42 Å². The molecule has 0 radical (unpaired) electrons. The first-order chi connectivity index (χ1) is 5.99. The van der Waals surface area contributed by atoms with Gasteiger partial charge in [-0.2, -0.15) is 0 Å². The van der Waals surface area contributed by atoms with E-state index in [1.807, 2.05) is 0 Å². The molecule has 3 N–H and O–H groups in total. The molecule has 0 spiro atoms. The second-order valence-electron chi connectivity index (χ2n) is 2.33. The summed E-state index contributed by atoms with van der Waals surface area (Å²) in [5.74, 6) is -1.10. The quantitative estimate of drug-likeness (QED) is 0.337. The van der Waals surface area contributed by atoms with Crippen LogP contribution in [0.4, 0.5) is 0 Å². The van der Waals surface area contributed by atoms with Gasteiger partial charge in [-0.05, 0) is 0 Å². The van der Waals surface area contributed by atoms with Crippen molar-refractivity contribution in [3.63, 3.8) is 0 Å². The Bertz CT molecular complexity index is 234. The Hall–Kier alpha value is -0.700. The maximum Gasteiger partial charge on any atom is 0.319 e. The van der Waals surface area contributed by atoms with Gasteiger partial charge in [-0.15, -0.1) is 4.41 Å². The molecule has 0 aromatic heterocycles. The number of aliphatic carboxylic acids is 1. The standard InChI is InChI=1S/C5H13N3O4S/c1-7(4-5(9)10)8(3-2-6)13(11)12/h13H,2-4,6H2,1H3,(H,9,10). The van der Waals surface area contributed by atoms with E-state index >= 15 is 0 Å². The summed E-state index contributed by atoms with van der Waals surface area (Å²) in [5.41, 5.74) is 5.15. The molecule has 0 bridgehead atoms. The van der Waals surface area contributed by atoms with Gasteiger partial charge in [-0.1, -0.05) is 0 Å². The molecule has 0 aliphatic rings. The SMILES string of the molecule is CN(CC(=O)O)N(CCN)[SH](=O)=O. The van der Waals surface area contributed by atoms with Gasteiger partial charge in [0.25, 0.3) is 0 Å². The Morgan fingerprint density at radius 1 is 1.54 bits per heavy atom. The zero-order valence-corrected chi connectivity index (χ0v) is 8.11. The van der Waals surface area contributed by atoms with E-state index in [1.54, 1.807) is 0 Å². The maximum atomic E-state index is 10.6. The molecule has 78 valence electrons. The summed E-state index contributed by atoms with van der Waals surface area (Å²) in [5, 5.41) is 9.47. The highest BCUT2D eigenvalue weighted by Crippen LogP contribution is 1.93. The van der Waals surface area contributed by atoms with Crippen LogP contribution in [0.2, 0.25) is 0 Å². The van der Waals surface area contributed by atoms with Gasteiger partial charge >= 0.3 is 5.97 Å². The lowest BCUT2D eigenvalue weighted by Gasteiger charge is -2.23. The third-order valence-electron chi connectivity index (χ3n) is 1.28. The highest BCUT2D eigenvalue weighted by atomic mass is 32.2. The fourth-order valence-electron chi connectivity index (χ4n) is 0.770. The van der Waals surface area contributed by atoms with Crippen molar-refractivity contribution >= 4 is 16.9 Å². The van der Waals surface area contributed by atoms with Crippen LogP contribution in [-0.4, -0.2) is 55.6 Å². The molecule has 0 unspecified atom stereocenters. The van der Waals surface area contributed by atoms with Crippen LogP contribution >= 0.6 is 0 Å². The predicted octanol–water partition coefficient (Wildman–Crippen LogP) is -2.30. The van der Waals surface area contributed by atoms with Gasteiger partial charge in [0.15, 0.2) is 0 Å². The summed E-state index contributed by atoms with van der Waals surface area (Å²) in [6, 6.07) is 0. The summed E-state index contributed by atoms with van der Waals surface area (Å²) in [6.07, 6.45) is 0. The molecule has 0 fully saturated rings. The fourth-order valence-corrected chi connectivity index (χ4v) is 1.36. The summed E-state index contributed by atoms with van der Waals surface area (Å²) < 4.78 is 22.1. The topological polar surface area (TPSA) is 104 Å². The van der Waals surface area contributed by atoms with Crippen molar-refractivity contribution in [3.8, 4) is 0 Å². The van der Waals surface area contributed by atoms with Crippen molar-refractivity contribution < 1.29 is 18.3 Å². The zero-order chi connectivity index (χ0) is 10.4. The smallest absolute Gasteiger partial charge is 0.319 e. The second kappa shape index (κ2) is 5.86. The first-order valence-corrected chi connectivity index (χ1v) is 4.66. The normalized spacial score (nSPS) is 11.5. The summed E-state index contributed by atoms with van der Waals surface area (Å²) in [7, 11) is -1.45. The summed E-state index contributed by atoms with van der Waals surface area (Å²) in [4.78, 5) is 10.2. The third-order valence-corrected chi connectivity index (χ3v) is 2.16. The van der Waals surface area contributed by atoms with Crippen LogP contribution in [0.5, 0.6) is 0 Å². The maximum absolute atomic E-state index is 10.6. The summed E-state index contributed by atoms with van der Waals surface area (Å²) in [6.45, 7) is -0.140. The van der Waals surface area contributed by atoms with E-state index < -0.39 is 16.9 Å². The molecular formula is C5H13N3O4S. The van der Waals surface area contributed by atoms with Crippen LogP contribution < -0.4 is 5.73 Å². The minimum atomic E-state index is -2.82. The Labute approximate surface area is 77.8 Å². The van der Waals surface area contributed by atoms with Crippen molar-refractivity contribution in [1.29, 1.82) is 0 Å². The van der Waals surface area contributed by atoms with Gasteiger partial charge in [0.2, 0.25) is 10.9 Å². The van der Waals surface area contributed by atoms with Crippen molar-refractivity contribution in [2.45, 2.75) is 0 Å². The number of thiol groups is 1. The van der Waals surface area contributed by atoms with Crippen molar-refractivity contribution in [2.24, 2.45) is 5.73 Å². The molecule has 0 heterocycles. The Balaban J connectivity index is 4.27. The van der Waals surface area contributed by atoms with E-state index in [0.29, 0.717) is 0 Å². The lowest BCUT2D eigenvalue weighted by atomic mass is 10.6. The van der Waals surface area contributed by atoms with E-state index in [4.69, 9.17) is 10.8 Å². The van der Waals surface area contributed by atoms with Crippen LogP contribution in [0.15, 0.2) is 0 Å². The van der Waals surface area contributed by atoms with E-state index in [1.165, 1.54) is 7.05 Å². The molecule has 7 nitrogen and oxygen atoms in total. The van der Waals surface area contributed by atoms with Crippen LogP contribution in [0, 0.1) is 0 Å². The monoisotopic (exact) mass is 211 g/mol. The number of hydrazine groups is 1. The minimum Gasteiger partial charge on any atom is -0.480 e. The molecule has 0 saturated heterocycles. The first kappa shape index (κ1) is 12.3.